The highest BCUT2D eigenvalue weighted by atomic mass is 16.5. The lowest BCUT2D eigenvalue weighted by Crippen LogP contribution is -2.32. The summed E-state index contributed by atoms with van der Waals surface area (Å²) in [7, 11) is 1.79. The van der Waals surface area contributed by atoms with Gasteiger partial charge in [-0.2, -0.15) is 5.26 Å². The third-order valence-electron chi connectivity index (χ3n) is 5.24. The van der Waals surface area contributed by atoms with Gasteiger partial charge in [0.25, 0.3) is 5.91 Å². The van der Waals surface area contributed by atoms with Gasteiger partial charge in [0.05, 0.1) is 12.1 Å². The lowest BCUT2D eigenvalue weighted by molar-refractivity contribution is 0.0763. The lowest BCUT2D eigenvalue weighted by Gasteiger charge is -2.22. The molecule has 7 heteroatoms. The summed E-state index contributed by atoms with van der Waals surface area (Å²) < 4.78 is 7.94. The fraction of sp³-hybridized carbons (Fsp3) is 0.450. The fourth-order valence-electron chi connectivity index (χ4n) is 3.83. The highest BCUT2D eigenvalue weighted by molar-refractivity contribution is 5.93. The van der Waals surface area contributed by atoms with Crippen LogP contribution in [0.3, 0.4) is 0 Å². The number of carbonyl (C=O) groups excluding carboxylic acids is 1. The Labute approximate surface area is 158 Å². The molecule has 4 heterocycles. The maximum Gasteiger partial charge on any atom is 0.270 e. The van der Waals surface area contributed by atoms with E-state index in [9.17, 15) is 4.79 Å². The number of hydrogen-bond donors (Lipinski definition) is 0. The second kappa shape index (κ2) is 7.31. The van der Waals surface area contributed by atoms with E-state index in [1.807, 2.05) is 12.1 Å². The van der Waals surface area contributed by atoms with E-state index >= 15 is 0 Å². The molecule has 2 aromatic rings. The summed E-state index contributed by atoms with van der Waals surface area (Å²) in [6, 6.07) is 7.57. The van der Waals surface area contributed by atoms with Crippen LogP contribution in [0.4, 0.5) is 5.82 Å². The van der Waals surface area contributed by atoms with Gasteiger partial charge in [0.2, 0.25) is 0 Å². The zero-order valence-corrected chi connectivity index (χ0v) is 15.5. The summed E-state index contributed by atoms with van der Waals surface area (Å²) in [4.78, 5) is 21.4. The van der Waals surface area contributed by atoms with Crippen molar-refractivity contribution in [3.63, 3.8) is 0 Å². The van der Waals surface area contributed by atoms with Crippen molar-refractivity contribution >= 4 is 11.7 Å². The predicted molar refractivity (Wildman–Crippen MR) is 101 cm³/mol. The summed E-state index contributed by atoms with van der Waals surface area (Å²) in [5.41, 5.74) is 1.03. The van der Waals surface area contributed by atoms with E-state index in [1.54, 1.807) is 35.0 Å². The summed E-state index contributed by atoms with van der Waals surface area (Å²) >= 11 is 0. The minimum Gasteiger partial charge on any atom is -0.485 e. The first-order valence-electron chi connectivity index (χ1n) is 9.38. The molecule has 2 aliphatic rings. The van der Waals surface area contributed by atoms with Crippen LogP contribution in [0.1, 0.15) is 35.3 Å². The van der Waals surface area contributed by atoms with E-state index in [-0.39, 0.29) is 12.0 Å². The molecule has 0 aromatic carbocycles. The number of ether oxygens (including phenoxy) is 1. The Morgan fingerprint density at radius 3 is 2.89 bits per heavy atom. The van der Waals surface area contributed by atoms with Crippen molar-refractivity contribution in [1.82, 2.24) is 14.5 Å². The number of nitrogens with zero attached hydrogens (tertiary/aromatic N) is 5. The molecule has 1 atom stereocenters. The van der Waals surface area contributed by atoms with Crippen LogP contribution in [0.5, 0.6) is 5.75 Å². The van der Waals surface area contributed by atoms with Crippen LogP contribution >= 0.6 is 0 Å². The van der Waals surface area contributed by atoms with E-state index in [2.05, 4.69) is 16.0 Å². The Bertz CT molecular complexity index is 879. The van der Waals surface area contributed by atoms with E-state index in [1.165, 1.54) is 12.8 Å². The average molecular weight is 365 g/mol. The Kier molecular flexibility index (Phi) is 4.71. The smallest absolute Gasteiger partial charge is 0.270 e. The predicted octanol–water partition coefficient (Wildman–Crippen LogP) is 2.19. The van der Waals surface area contributed by atoms with Gasteiger partial charge >= 0.3 is 0 Å². The summed E-state index contributed by atoms with van der Waals surface area (Å²) in [5.74, 6) is 1.64. The van der Waals surface area contributed by atoms with Crippen LogP contribution in [-0.4, -0.2) is 52.6 Å². The van der Waals surface area contributed by atoms with Crippen molar-refractivity contribution in [1.29, 1.82) is 5.26 Å². The number of aromatic nitrogens is 2. The quantitative estimate of drug-likeness (QED) is 0.830. The molecule has 0 aliphatic carbocycles. The number of aryl methyl sites for hydroxylation is 1. The number of likely N-dealkylation sites (tertiary alicyclic amines) is 1. The molecule has 2 aromatic heterocycles. The molecule has 0 unspecified atom stereocenters. The number of anilines is 1. The monoisotopic (exact) mass is 365 g/mol. The molecule has 4 rings (SSSR count). The van der Waals surface area contributed by atoms with Gasteiger partial charge in [-0.1, -0.05) is 0 Å². The first-order chi connectivity index (χ1) is 13.2. The number of amides is 1. The second-order valence-electron chi connectivity index (χ2n) is 7.14. The van der Waals surface area contributed by atoms with Crippen LogP contribution in [0, 0.1) is 11.3 Å². The summed E-state index contributed by atoms with van der Waals surface area (Å²) in [5, 5.41) is 9.03. The van der Waals surface area contributed by atoms with Crippen molar-refractivity contribution in [2.45, 2.75) is 25.4 Å². The lowest BCUT2D eigenvalue weighted by atomic mass is 10.3. The molecule has 2 saturated heterocycles. The Morgan fingerprint density at radius 1 is 1.33 bits per heavy atom. The number of pyridine rings is 1. The first-order valence-corrected chi connectivity index (χ1v) is 9.38. The van der Waals surface area contributed by atoms with Crippen molar-refractivity contribution in [3.8, 4) is 11.8 Å². The van der Waals surface area contributed by atoms with Crippen LogP contribution in [-0.2, 0) is 7.05 Å². The Hall–Kier alpha value is -3.01. The molecular formula is C20H23N5O2. The highest BCUT2D eigenvalue weighted by Crippen LogP contribution is 2.30. The van der Waals surface area contributed by atoms with Crippen molar-refractivity contribution in [3.05, 3.63) is 41.9 Å². The number of carbonyl (C=O) groups is 1. The van der Waals surface area contributed by atoms with Gasteiger partial charge in [0, 0.05) is 45.5 Å². The van der Waals surface area contributed by atoms with Gasteiger partial charge in [-0.15, -0.1) is 0 Å². The molecule has 2 fully saturated rings. The van der Waals surface area contributed by atoms with Crippen molar-refractivity contribution in [2.75, 3.05) is 31.1 Å². The third kappa shape index (κ3) is 3.47. The molecule has 7 nitrogen and oxygen atoms in total. The number of hydrogen-bond acceptors (Lipinski definition) is 5. The van der Waals surface area contributed by atoms with Gasteiger partial charge in [-0.05, 0) is 31.0 Å². The van der Waals surface area contributed by atoms with Crippen LogP contribution in [0.25, 0.3) is 0 Å². The minimum atomic E-state index is -0.0592. The minimum absolute atomic E-state index is 0.0461. The molecule has 2 aliphatic heterocycles. The largest absolute Gasteiger partial charge is 0.485 e. The molecule has 0 spiro atoms. The number of nitriles is 1. The number of rotatable bonds is 4. The van der Waals surface area contributed by atoms with E-state index in [0.717, 1.165) is 31.1 Å². The molecule has 0 radical (unpaired) electrons. The maximum atomic E-state index is 12.8. The fourth-order valence-corrected chi connectivity index (χ4v) is 3.83. The SMILES string of the molecule is Cn1cc(C#N)cc1C(=O)N1CC[C@H](Oc2cccnc2N2CCCC2)C1. The topological polar surface area (TPSA) is 74.4 Å². The normalized spacial score (nSPS) is 19.3. The third-order valence-corrected chi connectivity index (χ3v) is 5.24. The maximum absolute atomic E-state index is 12.8. The van der Waals surface area contributed by atoms with Crippen LogP contribution in [0.15, 0.2) is 30.6 Å². The van der Waals surface area contributed by atoms with Gasteiger partial charge in [-0.25, -0.2) is 4.98 Å². The first kappa shape index (κ1) is 17.4. The molecule has 140 valence electrons. The van der Waals surface area contributed by atoms with E-state index in [4.69, 9.17) is 10.00 Å². The molecule has 0 bridgehead atoms. The van der Waals surface area contributed by atoms with Gasteiger partial charge < -0.3 is 19.1 Å². The van der Waals surface area contributed by atoms with Gasteiger partial charge in [0.15, 0.2) is 11.6 Å². The molecular weight excluding hydrogens is 342 g/mol. The summed E-state index contributed by atoms with van der Waals surface area (Å²) in [6.45, 7) is 3.21. The Morgan fingerprint density at radius 2 is 2.15 bits per heavy atom. The Balaban J connectivity index is 1.44. The molecule has 0 saturated carbocycles. The van der Waals surface area contributed by atoms with E-state index < -0.39 is 0 Å². The van der Waals surface area contributed by atoms with Gasteiger partial charge in [0.1, 0.15) is 17.9 Å². The zero-order valence-electron chi connectivity index (χ0n) is 15.5. The van der Waals surface area contributed by atoms with Crippen LogP contribution in [0.2, 0.25) is 0 Å². The van der Waals surface area contributed by atoms with Crippen LogP contribution < -0.4 is 9.64 Å². The standard InChI is InChI=1S/C20H23N5O2/c1-23-13-15(12-21)11-17(23)20(26)25-10-6-16(14-25)27-18-5-4-7-22-19(18)24-8-2-3-9-24/h4-5,7,11,13,16H,2-3,6,8-10,14H2,1H3/t16-/m0/s1. The molecule has 27 heavy (non-hydrogen) atoms. The van der Waals surface area contributed by atoms with E-state index in [0.29, 0.717) is 24.3 Å². The highest BCUT2D eigenvalue weighted by Gasteiger charge is 2.30. The van der Waals surface area contributed by atoms with Crippen molar-refractivity contribution < 1.29 is 9.53 Å². The zero-order chi connectivity index (χ0) is 18.8. The summed E-state index contributed by atoms with van der Waals surface area (Å²) in [6.07, 6.45) is 6.58. The molecule has 0 N–H and O–H groups in total. The average Bonchev–Trinajstić information content (AvgIpc) is 3.42. The van der Waals surface area contributed by atoms with Crippen molar-refractivity contribution in [2.24, 2.45) is 7.05 Å². The second-order valence-corrected chi connectivity index (χ2v) is 7.14. The molecule has 1 amide bonds. The van der Waals surface area contributed by atoms with Gasteiger partial charge in [-0.3, -0.25) is 4.79 Å².